The van der Waals surface area contributed by atoms with E-state index in [-0.39, 0.29) is 22.8 Å². The summed E-state index contributed by atoms with van der Waals surface area (Å²) in [6.07, 6.45) is 2.71. The zero-order chi connectivity index (χ0) is 19.4. The number of nitrogens with zero attached hydrogens (tertiary/aromatic N) is 1. The van der Waals surface area contributed by atoms with Gasteiger partial charge in [0.1, 0.15) is 11.6 Å². The van der Waals surface area contributed by atoms with E-state index >= 15 is 0 Å². The highest BCUT2D eigenvalue weighted by molar-refractivity contribution is 8.00. The van der Waals surface area contributed by atoms with Gasteiger partial charge in [-0.25, -0.2) is 0 Å². The summed E-state index contributed by atoms with van der Waals surface area (Å²) in [7, 11) is 0. The van der Waals surface area contributed by atoms with Crippen molar-refractivity contribution in [1.82, 2.24) is 9.78 Å². The minimum atomic E-state index is -0.196. The highest BCUT2D eigenvalue weighted by Gasteiger charge is 2.31. The van der Waals surface area contributed by atoms with Crippen LogP contribution in [0.15, 0.2) is 29.1 Å². The van der Waals surface area contributed by atoms with Crippen LogP contribution >= 0.6 is 11.8 Å². The number of ether oxygens (including phenoxy) is 1. The zero-order valence-electron chi connectivity index (χ0n) is 16.1. The van der Waals surface area contributed by atoms with Gasteiger partial charge in [-0.1, -0.05) is 32.9 Å². The van der Waals surface area contributed by atoms with E-state index in [0.29, 0.717) is 23.7 Å². The number of fused-ring (bicyclic) bond motifs is 1. The molecule has 0 saturated carbocycles. The summed E-state index contributed by atoms with van der Waals surface area (Å²) in [6, 6.07) is 7.97. The molecule has 7 heteroatoms. The largest absolute Gasteiger partial charge is 0.494 e. The molecule has 1 aliphatic rings. The van der Waals surface area contributed by atoms with Crippen LogP contribution in [0.5, 0.6) is 5.75 Å². The standard InChI is InChI=1S/C20H27N3O3S/c1-4-11-26-15-9-7-13(8-10-15)18-17-19(21-16(24)12-27-18)23(22-20(17)25)14(5-2)6-3/h7-10,14,18H,4-6,11-12H2,1-3H3,(H,21,24)(H,22,25). The van der Waals surface area contributed by atoms with Gasteiger partial charge in [0.15, 0.2) is 0 Å². The van der Waals surface area contributed by atoms with Gasteiger partial charge in [0.05, 0.1) is 29.2 Å². The Kier molecular flexibility index (Phi) is 6.31. The molecule has 0 radical (unpaired) electrons. The van der Waals surface area contributed by atoms with Crippen LogP contribution in [-0.2, 0) is 4.79 Å². The van der Waals surface area contributed by atoms with Crippen molar-refractivity contribution in [1.29, 1.82) is 0 Å². The topological polar surface area (TPSA) is 76.1 Å². The molecule has 2 heterocycles. The summed E-state index contributed by atoms with van der Waals surface area (Å²) in [5, 5.41) is 5.70. The third kappa shape index (κ3) is 4.08. The molecule has 27 heavy (non-hydrogen) atoms. The summed E-state index contributed by atoms with van der Waals surface area (Å²) in [6.45, 7) is 6.91. The van der Waals surface area contributed by atoms with Crippen LogP contribution in [-0.4, -0.2) is 28.0 Å². The number of aromatic nitrogens is 2. The van der Waals surface area contributed by atoms with Crippen molar-refractivity contribution in [2.75, 3.05) is 17.7 Å². The van der Waals surface area contributed by atoms with Gasteiger partial charge in [0.2, 0.25) is 5.91 Å². The van der Waals surface area contributed by atoms with Gasteiger partial charge in [-0.15, -0.1) is 11.8 Å². The summed E-state index contributed by atoms with van der Waals surface area (Å²) >= 11 is 1.48. The molecule has 0 bridgehead atoms. The number of aromatic amines is 1. The van der Waals surface area contributed by atoms with Crippen LogP contribution in [0.25, 0.3) is 0 Å². The maximum absolute atomic E-state index is 12.8. The molecule has 2 aromatic rings. The first-order valence-electron chi connectivity index (χ1n) is 9.57. The Balaban J connectivity index is 2.01. The Morgan fingerprint density at radius 3 is 2.52 bits per heavy atom. The normalized spacial score (nSPS) is 16.7. The van der Waals surface area contributed by atoms with Crippen LogP contribution in [0.3, 0.4) is 0 Å². The Hall–Kier alpha value is -2.15. The monoisotopic (exact) mass is 389 g/mol. The average Bonchev–Trinajstić information content (AvgIpc) is 2.87. The second kappa shape index (κ2) is 8.69. The first-order chi connectivity index (χ1) is 13.1. The molecule has 6 nitrogen and oxygen atoms in total. The van der Waals surface area contributed by atoms with E-state index in [4.69, 9.17) is 4.74 Å². The number of hydrogen-bond donors (Lipinski definition) is 2. The molecule has 2 N–H and O–H groups in total. The van der Waals surface area contributed by atoms with Crippen molar-refractivity contribution in [3.63, 3.8) is 0 Å². The molecule has 1 amide bonds. The number of amides is 1. The number of benzene rings is 1. The van der Waals surface area contributed by atoms with Crippen LogP contribution in [0.2, 0.25) is 0 Å². The molecule has 0 spiro atoms. The first kappa shape index (κ1) is 19.6. The summed E-state index contributed by atoms with van der Waals surface area (Å²) < 4.78 is 7.49. The predicted octanol–water partition coefficient (Wildman–Crippen LogP) is 4.10. The molecule has 1 aromatic carbocycles. The average molecular weight is 390 g/mol. The minimum Gasteiger partial charge on any atom is -0.494 e. The number of anilines is 1. The molecule has 0 aliphatic carbocycles. The van der Waals surface area contributed by atoms with E-state index in [1.54, 1.807) is 0 Å². The molecule has 1 atom stereocenters. The van der Waals surface area contributed by atoms with Gasteiger partial charge >= 0.3 is 0 Å². The fourth-order valence-corrected chi connectivity index (χ4v) is 4.52. The highest BCUT2D eigenvalue weighted by Crippen LogP contribution is 2.41. The number of nitrogens with one attached hydrogen (secondary N) is 2. The van der Waals surface area contributed by atoms with Crippen molar-refractivity contribution < 1.29 is 9.53 Å². The maximum atomic E-state index is 12.8. The second-order valence-electron chi connectivity index (χ2n) is 6.70. The molecule has 1 unspecified atom stereocenters. The van der Waals surface area contributed by atoms with Crippen molar-refractivity contribution >= 4 is 23.5 Å². The molecule has 3 rings (SSSR count). The van der Waals surface area contributed by atoms with Crippen molar-refractivity contribution in [2.24, 2.45) is 0 Å². The number of thioether (sulfide) groups is 1. The zero-order valence-corrected chi connectivity index (χ0v) is 16.9. The molecular weight excluding hydrogens is 362 g/mol. The molecule has 0 saturated heterocycles. The Morgan fingerprint density at radius 1 is 1.19 bits per heavy atom. The van der Waals surface area contributed by atoms with Gasteiger partial charge in [-0.05, 0) is 37.0 Å². The van der Waals surface area contributed by atoms with Crippen LogP contribution in [0, 0.1) is 0 Å². The Labute approximate surface area is 163 Å². The summed E-state index contributed by atoms with van der Waals surface area (Å²) in [4.78, 5) is 25.1. The molecule has 0 fully saturated rings. The van der Waals surface area contributed by atoms with Gasteiger partial charge in [-0.2, -0.15) is 0 Å². The number of rotatable bonds is 7. The maximum Gasteiger partial charge on any atom is 0.270 e. The van der Waals surface area contributed by atoms with Crippen LogP contribution < -0.4 is 15.6 Å². The van der Waals surface area contributed by atoms with E-state index in [2.05, 4.69) is 31.2 Å². The minimum absolute atomic E-state index is 0.0784. The Morgan fingerprint density at radius 2 is 1.89 bits per heavy atom. The quantitative estimate of drug-likeness (QED) is 0.747. The summed E-state index contributed by atoms with van der Waals surface area (Å²) in [5.41, 5.74) is 1.48. The molecule has 1 aromatic heterocycles. The van der Waals surface area contributed by atoms with Crippen molar-refractivity contribution in [3.8, 4) is 5.75 Å². The molecular formula is C20H27N3O3S. The van der Waals surface area contributed by atoms with Crippen LogP contribution in [0.4, 0.5) is 5.82 Å². The highest BCUT2D eigenvalue weighted by atomic mass is 32.2. The summed E-state index contributed by atoms with van der Waals surface area (Å²) in [5.74, 6) is 1.66. The van der Waals surface area contributed by atoms with Crippen molar-refractivity contribution in [2.45, 2.75) is 51.3 Å². The van der Waals surface area contributed by atoms with Gasteiger partial charge in [0, 0.05) is 0 Å². The smallest absolute Gasteiger partial charge is 0.270 e. The first-order valence-corrected chi connectivity index (χ1v) is 10.6. The third-order valence-corrected chi connectivity index (χ3v) is 6.10. The van der Waals surface area contributed by atoms with Gasteiger partial charge < -0.3 is 10.1 Å². The lowest BCUT2D eigenvalue weighted by Crippen LogP contribution is -2.19. The van der Waals surface area contributed by atoms with E-state index in [1.165, 1.54) is 11.8 Å². The predicted molar refractivity (Wildman–Crippen MR) is 110 cm³/mol. The fraction of sp³-hybridized carbons (Fsp3) is 0.500. The van der Waals surface area contributed by atoms with E-state index in [0.717, 1.165) is 30.6 Å². The number of hydrogen-bond acceptors (Lipinski definition) is 4. The van der Waals surface area contributed by atoms with Gasteiger partial charge in [0.25, 0.3) is 5.56 Å². The van der Waals surface area contributed by atoms with E-state index in [1.807, 2.05) is 28.9 Å². The van der Waals surface area contributed by atoms with Gasteiger partial charge in [-0.3, -0.25) is 19.4 Å². The van der Waals surface area contributed by atoms with Crippen molar-refractivity contribution in [3.05, 3.63) is 45.7 Å². The van der Waals surface area contributed by atoms with Crippen LogP contribution in [0.1, 0.15) is 62.5 Å². The SMILES string of the molecule is CCCOc1ccc(C2SCC(=O)Nc3c2c(=O)[nH]n3C(CC)CC)cc1. The lowest BCUT2D eigenvalue weighted by molar-refractivity contribution is -0.113. The number of carbonyl (C=O) groups is 1. The molecule has 1 aliphatic heterocycles. The lowest BCUT2D eigenvalue weighted by atomic mass is 10.1. The second-order valence-corrected chi connectivity index (χ2v) is 7.79. The Bertz CT molecular complexity index is 837. The third-order valence-electron chi connectivity index (χ3n) is 4.83. The number of carbonyl (C=O) groups excluding carboxylic acids is 1. The fourth-order valence-electron chi connectivity index (χ4n) is 3.39. The van der Waals surface area contributed by atoms with E-state index in [9.17, 15) is 9.59 Å². The molecule has 146 valence electrons. The lowest BCUT2D eigenvalue weighted by Gasteiger charge is -2.18. The number of H-pyrrole nitrogens is 1. The van der Waals surface area contributed by atoms with E-state index < -0.39 is 0 Å².